The molecule has 0 radical (unpaired) electrons. The quantitative estimate of drug-likeness (QED) is 0.712. The fourth-order valence-corrected chi connectivity index (χ4v) is 2.90. The third kappa shape index (κ3) is 1.17. The van der Waals surface area contributed by atoms with Gasteiger partial charge in [0.05, 0.1) is 23.2 Å². The predicted molar refractivity (Wildman–Crippen MR) is 63.4 cm³/mol. The summed E-state index contributed by atoms with van der Waals surface area (Å²) in [5.74, 6) is 1.41. The Kier molecular flexibility index (Phi) is 2.16. The minimum absolute atomic E-state index is 0.143. The van der Waals surface area contributed by atoms with Crippen LogP contribution in [-0.2, 0) is 10.2 Å². The molecule has 3 rings (SSSR count). The number of aryl methyl sites for hydroxylation is 1. The van der Waals surface area contributed by atoms with Gasteiger partial charge >= 0.3 is 0 Å². The molecule has 3 heterocycles. The van der Waals surface area contributed by atoms with Crippen LogP contribution in [0, 0.1) is 18.3 Å². The zero-order chi connectivity index (χ0) is 12.9. The molecule has 6 nitrogen and oxygen atoms in total. The molecule has 0 unspecified atom stereocenters. The van der Waals surface area contributed by atoms with Crippen molar-refractivity contribution >= 4 is 5.88 Å². The van der Waals surface area contributed by atoms with Crippen LogP contribution in [0.15, 0.2) is 15.8 Å². The Morgan fingerprint density at radius 2 is 2.39 bits per heavy atom. The highest BCUT2D eigenvalue weighted by Gasteiger charge is 2.53. The number of nitrogens with one attached hydrogen (secondary N) is 1. The number of hydrogen-bond donors (Lipinski definition) is 2. The summed E-state index contributed by atoms with van der Waals surface area (Å²) in [5.41, 5.74) is 6.59. The maximum absolute atomic E-state index is 9.40. The summed E-state index contributed by atoms with van der Waals surface area (Å²) >= 11 is 0. The van der Waals surface area contributed by atoms with Gasteiger partial charge in [-0.1, -0.05) is 0 Å². The van der Waals surface area contributed by atoms with Crippen LogP contribution in [0.25, 0.3) is 0 Å². The molecule has 0 aliphatic carbocycles. The molecule has 2 aliphatic heterocycles. The van der Waals surface area contributed by atoms with Crippen LogP contribution in [-0.4, -0.2) is 17.7 Å². The third-order valence-electron chi connectivity index (χ3n) is 3.79. The minimum Gasteiger partial charge on any atom is -0.425 e. The molecular weight excluding hydrogens is 232 g/mol. The predicted octanol–water partition coefficient (Wildman–Crippen LogP) is 1.15. The lowest BCUT2D eigenvalue weighted by atomic mass is 9.71. The maximum atomic E-state index is 9.40. The zero-order valence-electron chi connectivity index (χ0n) is 10.3. The largest absolute Gasteiger partial charge is 0.425 e. The molecule has 18 heavy (non-hydrogen) atoms. The van der Waals surface area contributed by atoms with Gasteiger partial charge < -0.3 is 20.2 Å². The van der Waals surface area contributed by atoms with E-state index in [1.165, 1.54) is 0 Å². The van der Waals surface area contributed by atoms with Crippen molar-refractivity contribution in [2.75, 3.05) is 11.9 Å². The summed E-state index contributed by atoms with van der Waals surface area (Å²) in [6.07, 6.45) is 0.550. The monoisotopic (exact) mass is 246 g/mol. The Labute approximate surface area is 104 Å². The Hall–Kier alpha value is -2.00. The first-order valence-electron chi connectivity index (χ1n) is 5.86. The van der Waals surface area contributed by atoms with Gasteiger partial charge in [-0.05, 0) is 13.3 Å². The van der Waals surface area contributed by atoms with Crippen LogP contribution in [0.3, 0.4) is 0 Å². The van der Waals surface area contributed by atoms with Gasteiger partial charge in [0.15, 0.2) is 5.89 Å². The Morgan fingerprint density at radius 1 is 1.61 bits per heavy atom. The second kappa shape index (κ2) is 3.50. The van der Waals surface area contributed by atoms with Crippen LogP contribution in [0.1, 0.15) is 24.9 Å². The second-order valence-corrected chi connectivity index (χ2v) is 4.67. The van der Waals surface area contributed by atoms with Crippen LogP contribution in [0.4, 0.5) is 5.88 Å². The van der Waals surface area contributed by atoms with Crippen molar-refractivity contribution in [1.29, 1.82) is 5.26 Å². The van der Waals surface area contributed by atoms with Crippen LogP contribution in [0.5, 0.6) is 0 Å². The van der Waals surface area contributed by atoms with E-state index in [9.17, 15) is 5.26 Å². The van der Waals surface area contributed by atoms with E-state index in [-0.39, 0.29) is 6.10 Å². The van der Waals surface area contributed by atoms with Crippen LogP contribution in [0.2, 0.25) is 0 Å². The Balaban J connectivity index is 2.28. The van der Waals surface area contributed by atoms with E-state index >= 15 is 0 Å². The molecule has 1 fully saturated rings. The SMILES string of the molecule is Cc1nc2c(o1)NC(N)=C(C#N)[C@@]21CCO[C@H]1C. The van der Waals surface area contributed by atoms with E-state index < -0.39 is 5.41 Å². The molecule has 2 aliphatic rings. The van der Waals surface area contributed by atoms with E-state index in [1.54, 1.807) is 6.92 Å². The molecule has 1 aromatic rings. The van der Waals surface area contributed by atoms with E-state index in [2.05, 4.69) is 16.4 Å². The molecule has 6 heteroatoms. The number of ether oxygens (including phenoxy) is 1. The van der Waals surface area contributed by atoms with Crippen molar-refractivity contribution in [3.8, 4) is 6.07 Å². The van der Waals surface area contributed by atoms with Gasteiger partial charge in [0.2, 0.25) is 5.88 Å². The number of aromatic nitrogens is 1. The lowest BCUT2D eigenvalue weighted by molar-refractivity contribution is 0.102. The highest BCUT2D eigenvalue weighted by Crippen LogP contribution is 2.49. The summed E-state index contributed by atoms with van der Waals surface area (Å²) in [7, 11) is 0. The van der Waals surface area contributed by atoms with E-state index in [4.69, 9.17) is 14.9 Å². The number of fused-ring (bicyclic) bond motifs is 2. The second-order valence-electron chi connectivity index (χ2n) is 4.67. The third-order valence-corrected chi connectivity index (χ3v) is 3.79. The van der Waals surface area contributed by atoms with Gasteiger partial charge in [0.1, 0.15) is 11.5 Å². The number of rotatable bonds is 0. The highest BCUT2D eigenvalue weighted by atomic mass is 16.5. The van der Waals surface area contributed by atoms with Gasteiger partial charge in [-0.25, -0.2) is 4.98 Å². The molecule has 1 saturated heterocycles. The molecule has 1 spiro atoms. The number of nitrogens with two attached hydrogens (primary N) is 1. The van der Waals surface area contributed by atoms with Crippen molar-refractivity contribution in [1.82, 2.24) is 4.98 Å². The normalized spacial score (nSPS) is 30.2. The lowest BCUT2D eigenvalue weighted by Crippen LogP contribution is -2.41. The summed E-state index contributed by atoms with van der Waals surface area (Å²) < 4.78 is 11.1. The van der Waals surface area contributed by atoms with Crippen molar-refractivity contribution in [3.05, 3.63) is 23.0 Å². The van der Waals surface area contributed by atoms with Crippen molar-refractivity contribution < 1.29 is 9.15 Å². The summed E-state index contributed by atoms with van der Waals surface area (Å²) in [5, 5.41) is 12.3. The zero-order valence-corrected chi connectivity index (χ0v) is 10.3. The van der Waals surface area contributed by atoms with Gasteiger partial charge in [0.25, 0.3) is 0 Å². The Bertz CT molecular complexity index is 583. The smallest absolute Gasteiger partial charge is 0.223 e. The van der Waals surface area contributed by atoms with Crippen molar-refractivity contribution in [2.24, 2.45) is 5.73 Å². The van der Waals surface area contributed by atoms with E-state index in [1.807, 2.05) is 6.92 Å². The average Bonchev–Trinajstić information content (AvgIpc) is 2.85. The Morgan fingerprint density at radius 3 is 3.00 bits per heavy atom. The molecule has 0 bridgehead atoms. The molecular formula is C12H14N4O2. The fraction of sp³-hybridized carbons (Fsp3) is 0.500. The number of nitriles is 1. The standard InChI is InChI=1S/C12H14N4O2/c1-6-12(3-4-17-6)8(5-13)10(14)16-11-9(12)15-7(2)18-11/h6,16H,3-4,14H2,1-2H3/t6-,12-/m0/s1. The average molecular weight is 246 g/mol. The first kappa shape index (κ1) is 11.1. The van der Waals surface area contributed by atoms with Crippen LogP contribution < -0.4 is 11.1 Å². The van der Waals surface area contributed by atoms with Crippen molar-refractivity contribution in [2.45, 2.75) is 31.8 Å². The first-order valence-corrected chi connectivity index (χ1v) is 5.86. The van der Waals surface area contributed by atoms with Crippen LogP contribution >= 0.6 is 0 Å². The summed E-state index contributed by atoms with van der Waals surface area (Å²) in [6.45, 7) is 4.30. The number of oxazole rings is 1. The molecule has 0 aromatic carbocycles. The van der Waals surface area contributed by atoms with E-state index in [0.29, 0.717) is 36.2 Å². The highest BCUT2D eigenvalue weighted by molar-refractivity contribution is 5.62. The number of hydrogen-bond acceptors (Lipinski definition) is 6. The summed E-state index contributed by atoms with van der Waals surface area (Å²) in [4.78, 5) is 4.42. The number of nitrogens with zero attached hydrogens (tertiary/aromatic N) is 2. The van der Waals surface area contributed by atoms with Gasteiger partial charge in [-0.3, -0.25) is 0 Å². The fourth-order valence-electron chi connectivity index (χ4n) is 2.90. The molecule has 0 saturated carbocycles. The molecule has 94 valence electrons. The molecule has 3 N–H and O–H groups in total. The summed E-state index contributed by atoms with van der Waals surface area (Å²) in [6, 6.07) is 2.20. The minimum atomic E-state index is -0.572. The topological polar surface area (TPSA) is 97.1 Å². The molecule has 0 amide bonds. The first-order chi connectivity index (χ1) is 8.59. The maximum Gasteiger partial charge on any atom is 0.223 e. The van der Waals surface area contributed by atoms with Gasteiger partial charge in [0, 0.05) is 13.5 Å². The van der Waals surface area contributed by atoms with Gasteiger partial charge in [-0.2, -0.15) is 5.26 Å². The molecule has 2 atom stereocenters. The number of anilines is 1. The lowest BCUT2D eigenvalue weighted by Gasteiger charge is -2.34. The van der Waals surface area contributed by atoms with Gasteiger partial charge in [-0.15, -0.1) is 0 Å². The van der Waals surface area contributed by atoms with E-state index in [0.717, 1.165) is 5.69 Å². The van der Waals surface area contributed by atoms with Crippen molar-refractivity contribution in [3.63, 3.8) is 0 Å². The molecule has 1 aromatic heterocycles.